The van der Waals surface area contributed by atoms with Gasteiger partial charge in [-0.15, -0.1) is 0 Å². The Morgan fingerprint density at radius 1 is 1.35 bits per heavy atom. The summed E-state index contributed by atoms with van der Waals surface area (Å²) in [4.78, 5) is 11.8. The van der Waals surface area contributed by atoms with Crippen LogP contribution in [0.1, 0.15) is 49.9 Å². The van der Waals surface area contributed by atoms with Crippen molar-refractivity contribution in [2.75, 3.05) is 12.3 Å². The van der Waals surface area contributed by atoms with E-state index in [0.29, 0.717) is 0 Å². The standard InChI is InChI=1S/C15H21F2NO2/c1-3-5-6-10(4-2)9-20-15(19)12-7-11(16)8-13(18)14(12)17/h7-8,10H,3-6,9,18H2,1-2H3. The maximum Gasteiger partial charge on any atom is 0.341 e. The van der Waals surface area contributed by atoms with Gasteiger partial charge in [-0.1, -0.05) is 33.1 Å². The highest BCUT2D eigenvalue weighted by atomic mass is 19.1. The number of hydrogen-bond donors (Lipinski definition) is 1. The Labute approximate surface area is 118 Å². The molecule has 112 valence electrons. The Kier molecular flexibility index (Phi) is 6.42. The van der Waals surface area contributed by atoms with Crippen LogP contribution in [0.15, 0.2) is 12.1 Å². The van der Waals surface area contributed by atoms with Gasteiger partial charge >= 0.3 is 5.97 Å². The first-order valence-electron chi connectivity index (χ1n) is 6.91. The maximum absolute atomic E-state index is 13.6. The normalized spacial score (nSPS) is 12.2. The van der Waals surface area contributed by atoms with Gasteiger partial charge in [0, 0.05) is 0 Å². The minimum Gasteiger partial charge on any atom is -0.462 e. The molecule has 0 saturated heterocycles. The highest BCUT2D eigenvalue weighted by Gasteiger charge is 2.18. The Morgan fingerprint density at radius 3 is 2.65 bits per heavy atom. The van der Waals surface area contributed by atoms with Crippen LogP contribution < -0.4 is 5.73 Å². The quantitative estimate of drug-likeness (QED) is 0.610. The van der Waals surface area contributed by atoms with Crippen molar-refractivity contribution in [3.05, 3.63) is 29.3 Å². The van der Waals surface area contributed by atoms with Gasteiger partial charge in [0.15, 0.2) is 5.82 Å². The Hall–Kier alpha value is -1.65. The van der Waals surface area contributed by atoms with Gasteiger partial charge in [-0.05, 0) is 24.5 Å². The van der Waals surface area contributed by atoms with Crippen LogP contribution in [0.3, 0.4) is 0 Å². The lowest BCUT2D eigenvalue weighted by molar-refractivity contribution is 0.0422. The lowest BCUT2D eigenvalue weighted by Gasteiger charge is -2.15. The number of rotatable bonds is 7. The zero-order valence-electron chi connectivity index (χ0n) is 11.9. The average molecular weight is 285 g/mol. The van der Waals surface area contributed by atoms with Gasteiger partial charge in [0.2, 0.25) is 0 Å². The zero-order chi connectivity index (χ0) is 15.1. The van der Waals surface area contributed by atoms with Crippen molar-refractivity contribution in [2.45, 2.75) is 39.5 Å². The molecule has 5 heteroatoms. The molecule has 0 spiro atoms. The summed E-state index contributed by atoms with van der Waals surface area (Å²) in [5.74, 6) is -2.32. The van der Waals surface area contributed by atoms with E-state index in [9.17, 15) is 13.6 Å². The number of unbranched alkanes of at least 4 members (excludes halogenated alkanes) is 1. The summed E-state index contributed by atoms with van der Waals surface area (Å²) in [5, 5.41) is 0. The lowest BCUT2D eigenvalue weighted by atomic mass is 10.0. The molecule has 1 rings (SSSR count). The van der Waals surface area contributed by atoms with Crippen molar-refractivity contribution in [1.29, 1.82) is 0 Å². The van der Waals surface area contributed by atoms with Crippen molar-refractivity contribution in [2.24, 2.45) is 5.92 Å². The fourth-order valence-corrected chi connectivity index (χ4v) is 1.93. The third-order valence-corrected chi connectivity index (χ3v) is 3.28. The molecule has 0 aliphatic heterocycles. The van der Waals surface area contributed by atoms with E-state index in [1.165, 1.54) is 0 Å². The third kappa shape index (κ3) is 4.47. The van der Waals surface area contributed by atoms with Crippen molar-refractivity contribution < 1.29 is 18.3 Å². The number of benzene rings is 1. The second kappa shape index (κ2) is 7.82. The van der Waals surface area contributed by atoms with Crippen LogP contribution in [0.4, 0.5) is 14.5 Å². The minimum absolute atomic E-state index is 0.213. The molecule has 20 heavy (non-hydrogen) atoms. The molecule has 1 atom stereocenters. The van der Waals surface area contributed by atoms with Crippen molar-refractivity contribution in [3.63, 3.8) is 0 Å². The summed E-state index contributed by atoms with van der Waals surface area (Å²) in [6, 6.07) is 1.64. The molecule has 0 amide bonds. The number of ether oxygens (including phenoxy) is 1. The number of halogens is 2. The van der Waals surface area contributed by atoms with Crippen LogP contribution in [0.5, 0.6) is 0 Å². The summed E-state index contributed by atoms with van der Waals surface area (Å²) in [5.41, 5.74) is 4.44. The molecule has 0 heterocycles. The molecule has 1 aromatic carbocycles. The zero-order valence-corrected chi connectivity index (χ0v) is 11.9. The highest BCUT2D eigenvalue weighted by Crippen LogP contribution is 2.19. The molecule has 0 radical (unpaired) electrons. The first-order chi connectivity index (χ1) is 9.49. The van der Waals surface area contributed by atoms with Gasteiger partial charge in [-0.2, -0.15) is 0 Å². The fourth-order valence-electron chi connectivity index (χ4n) is 1.93. The van der Waals surface area contributed by atoms with Crippen LogP contribution in [-0.2, 0) is 4.74 Å². The summed E-state index contributed by atoms with van der Waals surface area (Å²) < 4.78 is 31.9. The second-order valence-corrected chi connectivity index (χ2v) is 4.87. The fraction of sp³-hybridized carbons (Fsp3) is 0.533. The molecule has 2 N–H and O–H groups in total. The molecule has 0 aliphatic rings. The third-order valence-electron chi connectivity index (χ3n) is 3.28. The number of nitrogens with two attached hydrogens (primary N) is 1. The van der Waals surface area contributed by atoms with E-state index in [1.54, 1.807) is 0 Å². The van der Waals surface area contributed by atoms with E-state index in [-0.39, 0.29) is 12.5 Å². The van der Waals surface area contributed by atoms with Gasteiger partial charge < -0.3 is 10.5 Å². The van der Waals surface area contributed by atoms with Gasteiger partial charge in [-0.3, -0.25) is 0 Å². The van der Waals surface area contributed by atoms with Gasteiger partial charge in [0.05, 0.1) is 12.3 Å². The van der Waals surface area contributed by atoms with E-state index in [1.807, 2.05) is 6.92 Å². The lowest BCUT2D eigenvalue weighted by Crippen LogP contribution is -2.16. The average Bonchev–Trinajstić information content (AvgIpc) is 2.42. The molecule has 0 fully saturated rings. The summed E-state index contributed by atoms with van der Waals surface area (Å²) in [7, 11) is 0. The summed E-state index contributed by atoms with van der Waals surface area (Å²) in [6.07, 6.45) is 3.95. The van der Waals surface area contributed by atoms with Crippen LogP contribution in [0, 0.1) is 17.6 Å². The van der Waals surface area contributed by atoms with E-state index in [2.05, 4.69) is 6.92 Å². The molecule has 3 nitrogen and oxygen atoms in total. The van der Waals surface area contributed by atoms with Crippen molar-refractivity contribution >= 4 is 11.7 Å². The molecular formula is C15H21F2NO2. The number of carbonyl (C=O) groups is 1. The number of esters is 1. The van der Waals surface area contributed by atoms with E-state index >= 15 is 0 Å². The molecule has 0 aliphatic carbocycles. The topological polar surface area (TPSA) is 52.3 Å². The predicted molar refractivity (Wildman–Crippen MR) is 74.4 cm³/mol. The monoisotopic (exact) mass is 285 g/mol. The maximum atomic E-state index is 13.6. The Morgan fingerprint density at radius 2 is 2.05 bits per heavy atom. The predicted octanol–water partition coefficient (Wildman–Crippen LogP) is 3.92. The Balaban J connectivity index is 2.67. The summed E-state index contributed by atoms with van der Waals surface area (Å²) in [6.45, 7) is 4.31. The minimum atomic E-state index is -0.932. The first kappa shape index (κ1) is 16.4. The summed E-state index contributed by atoms with van der Waals surface area (Å²) >= 11 is 0. The van der Waals surface area contributed by atoms with Crippen molar-refractivity contribution in [1.82, 2.24) is 0 Å². The molecule has 1 aromatic rings. The van der Waals surface area contributed by atoms with E-state index in [4.69, 9.17) is 10.5 Å². The van der Waals surface area contributed by atoms with Crippen LogP contribution in [0.25, 0.3) is 0 Å². The SMILES string of the molecule is CCCCC(CC)COC(=O)c1cc(F)cc(N)c1F. The smallest absolute Gasteiger partial charge is 0.341 e. The molecule has 0 aromatic heterocycles. The number of nitrogen functional groups attached to an aromatic ring is 1. The number of hydrogen-bond acceptors (Lipinski definition) is 3. The number of anilines is 1. The van der Waals surface area contributed by atoms with Gasteiger partial charge in [0.1, 0.15) is 11.4 Å². The second-order valence-electron chi connectivity index (χ2n) is 4.87. The van der Waals surface area contributed by atoms with Gasteiger partial charge in [-0.25, -0.2) is 13.6 Å². The molecule has 1 unspecified atom stereocenters. The molecule has 0 saturated carbocycles. The number of carbonyl (C=O) groups excluding carboxylic acids is 1. The van der Waals surface area contributed by atoms with E-state index in [0.717, 1.165) is 37.8 Å². The van der Waals surface area contributed by atoms with Crippen LogP contribution in [-0.4, -0.2) is 12.6 Å². The molecular weight excluding hydrogens is 264 g/mol. The van der Waals surface area contributed by atoms with Crippen molar-refractivity contribution in [3.8, 4) is 0 Å². The highest BCUT2D eigenvalue weighted by molar-refractivity contribution is 5.90. The Bertz CT molecular complexity index is 463. The largest absolute Gasteiger partial charge is 0.462 e. The first-order valence-corrected chi connectivity index (χ1v) is 6.91. The molecule has 0 bridgehead atoms. The van der Waals surface area contributed by atoms with Crippen LogP contribution >= 0.6 is 0 Å². The van der Waals surface area contributed by atoms with Gasteiger partial charge in [0.25, 0.3) is 0 Å². The van der Waals surface area contributed by atoms with Crippen LogP contribution in [0.2, 0.25) is 0 Å². The van der Waals surface area contributed by atoms with E-state index < -0.39 is 28.9 Å².